The van der Waals surface area contributed by atoms with Gasteiger partial charge in [-0.3, -0.25) is 4.79 Å². The van der Waals surface area contributed by atoms with Crippen molar-refractivity contribution in [3.8, 4) is 5.75 Å². The average molecular weight is 387 g/mol. The van der Waals surface area contributed by atoms with Crippen LogP contribution in [-0.4, -0.2) is 21.2 Å². The van der Waals surface area contributed by atoms with Gasteiger partial charge in [-0.15, -0.1) is 5.10 Å². The van der Waals surface area contributed by atoms with Crippen LogP contribution in [0.5, 0.6) is 5.75 Å². The summed E-state index contributed by atoms with van der Waals surface area (Å²) in [4.78, 5) is 17.7. The Kier molecular flexibility index (Phi) is 5.12. The predicted molar refractivity (Wildman–Crippen MR) is 113 cm³/mol. The molecule has 0 spiro atoms. The molecular formula is C22H17N3O2S. The molecular weight excluding hydrogens is 370 g/mol. The van der Waals surface area contributed by atoms with Crippen molar-refractivity contribution < 1.29 is 4.74 Å². The van der Waals surface area contributed by atoms with Gasteiger partial charge in [0.25, 0.3) is 5.56 Å². The van der Waals surface area contributed by atoms with Gasteiger partial charge in [-0.2, -0.15) is 9.50 Å². The summed E-state index contributed by atoms with van der Waals surface area (Å²) in [6.07, 6.45) is 7.21. The van der Waals surface area contributed by atoms with Crippen molar-refractivity contribution in [2.75, 3.05) is 6.61 Å². The molecule has 0 aliphatic heterocycles. The fraction of sp³-hybridized carbons (Fsp3) is 0.0455. The Hall–Kier alpha value is -3.51. The molecule has 5 nitrogen and oxygen atoms in total. The number of aromatic nitrogens is 3. The van der Waals surface area contributed by atoms with Gasteiger partial charge in [0.1, 0.15) is 12.4 Å². The monoisotopic (exact) mass is 387 g/mol. The molecule has 0 atom stereocenters. The summed E-state index contributed by atoms with van der Waals surface area (Å²) in [6, 6.07) is 17.4. The maximum atomic E-state index is 12.7. The highest BCUT2D eigenvalue weighted by Gasteiger charge is 2.09. The van der Waals surface area contributed by atoms with Crippen LogP contribution in [0.4, 0.5) is 0 Å². The molecule has 0 amide bonds. The van der Waals surface area contributed by atoms with E-state index in [0.29, 0.717) is 27.7 Å². The van der Waals surface area contributed by atoms with E-state index in [-0.39, 0.29) is 5.56 Å². The fourth-order valence-corrected chi connectivity index (χ4v) is 3.58. The van der Waals surface area contributed by atoms with Crippen LogP contribution in [0.1, 0.15) is 17.0 Å². The van der Waals surface area contributed by atoms with Crippen molar-refractivity contribution in [2.24, 2.45) is 0 Å². The lowest BCUT2D eigenvalue weighted by atomic mass is 10.2. The van der Waals surface area contributed by atoms with Crippen LogP contribution in [0.15, 0.2) is 72.0 Å². The summed E-state index contributed by atoms with van der Waals surface area (Å²) in [7, 11) is 0. The number of fused-ring (bicyclic) bond motifs is 1. The Labute approximate surface area is 165 Å². The number of thiazole rings is 1. The van der Waals surface area contributed by atoms with Crippen molar-refractivity contribution in [1.29, 1.82) is 0 Å². The van der Waals surface area contributed by atoms with E-state index >= 15 is 0 Å². The summed E-state index contributed by atoms with van der Waals surface area (Å²) in [5.74, 6) is 1.21. The van der Waals surface area contributed by atoms with Crippen LogP contribution in [0, 0.1) is 0 Å². The molecule has 0 saturated heterocycles. The molecule has 0 aliphatic rings. The molecule has 0 fully saturated rings. The van der Waals surface area contributed by atoms with E-state index in [2.05, 4.69) is 16.7 Å². The summed E-state index contributed by atoms with van der Waals surface area (Å²) in [5.41, 5.74) is 1.69. The zero-order valence-corrected chi connectivity index (χ0v) is 15.8. The Morgan fingerprint density at radius 1 is 1.07 bits per heavy atom. The lowest BCUT2D eigenvalue weighted by Gasteiger charge is -2.05. The highest BCUT2D eigenvalue weighted by atomic mass is 32.1. The maximum Gasteiger partial charge on any atom is 0.291 e. The van der Waals surface area contributed by atoms with Gasteiger partial charge in [0.15, 0.2) is 5.82 Å². The molecule has 0 bridgehead atoms. The molecule has 2 heterocycles. The van der Waals surface area contributed by atoms with E-state index in [1.54, 1.807) is 18.2 Å². The molecule has 2 aromatic heterocycles. The summed E-state index contributed by atoms with van der Waals surface area (Å²) >= 11 is 1.31. The first-order chi connectivity index (χ1) is 13.7. The lowest BCUT2D eigenvalue weighted by Crippen LogP contribution is -2.23. The summed E-state index contributed by atoms with van der Waals surface area (Å²) < 4.78 is 7.55. The first-order valence-corrected chi connectivity index (χ1v) is 9.53. The van der Waals surface area contributed by atoms with Gasteiger partial charge in [0, 0.05) is 5.56 Å². The number of ether oxygens (including phenoxy) is 1. The molecule has 0 unspecified atom stereocenters. The van der Waals surface area contributed by atoms with Gasteiger partial charge in [0.2, 0.25) is 4.96 Å². The van der Waals surface area contributed by atoms with Crippen LogP contribution >= 0.6 is 11.3 Å². The minimum atomic E-state index is -0.189. The van der Waals surface area contributed by atoms with Crippen molar-refractivity contribution in [3.05, 3.63) is 99.1 Å². The Morgan fingerprint density at radius 2 is 1.86 bits per heavy atom. The van der Waals surface area contributed by atoms with Crippen LogP contribution in [-0.2, 0) is 0 Å². The Morgan fingerprint density at radius 3 is 2.64 bits per heavy atom. The number of benzene rings is 2. The maximum absolute atomic E-state index is 12.7. The third-order valence-corrected chi connectivity index (χ3v) is 4.94. The van der Waals surface area contributed by atoms with E-state index < -0.39 is 0 Å². The van der Waals surface area contributed by atoms with Crippen molar-refractivity contribution in [3.63, 3.8) is 0 Å². The Bertz CT molecular complexity index is 1260. The van der Waals surface area contributed by atoms with Gasteiger partial charge in [0.05, 0.1) is 4.53 Å². The normalized spacial score (nSPS) is 12.1. The largest absolute Gasteiger partial charge is 0.489 e. The topological polar surface area (TPSA) is 56.5 Å². The summed E-state index contributed by atoms with van der Waals surface area (Å²) in [6.45, 7) is 4.06. The SMILES string of the molecule is C=CCOc1ccccc1C=c1sc2nc(C=Cc3ccccc3)nn2c1=O. The van der Waals surface area contributed by atoms with Gasteiger partial charge in [-0.05, 0) is 23.8 Å². The predicted octanol–water partition coefficient (Wildman–Crippen LogP) is 3.43. The van der Waals surface area contributed by atoms with E-state index in [0.717, 1.165) is 11.1 Å². The quantitative estimate of drug-likeness (QED) is 0.476. The molecule has 28 heavy (non-hydrogen) atoms. The number of nitrogens with zero attached hydrogens (tertiary/aromatic N) is 3. The minimum Gasteiger partial charge on any atom is -0.489 e. The molecule has 0 aliphatic carbocycles. The van der Waals surface area contributed by atoms with E-state index in [9.17, 15) is 4.79 Å². The second-order valence-electron chi connectivity index (χ2n) is 5.96. The molecule has 2 aromatic carbocycles. The third kappa shape index (κ3) is 3.77. The fourth-order valence-electron chi connectivity index (χ4n) is 2.68. The van der Waals surface area contributed by atoms with Gasteiger partial charge in [-0.25, -0.2) is 0 Å². The Balaban J connectivity index is 1.67. The average Bonchev–Trinajstić information content (AvgIpc) is 3.25. The minimum absolute atomic E-state index is 0.189. The number of hydrogen-bond donors (Lipinski definition) is 0. The molecule has 4 aromatic rings. The molecule has 0 N–H and O–H groups in total. The first-order valence-electron chi connectivity index (χ1n) is 8.72. The zero-order valence-electron chi connectivity index (χ0n) is 15.0. The molecule has 0 saturated carbocycles. The third-order valence-electron chi connectivity index (χ3n) is 3.98. The van der Waals surface area contributed by atoms with Gasteiger partial charge < -0.3 is 4.74 Å². The standard InChI is InChI=1S/C22H17N3O2S/c1-2-14-27-18-11-7-6-10-17(18)15-19-21(26)25-22(28-19)23-20(24-25)13-12-16-8-4-3-5-9-16/h2-13,15H,1,14H2. The number of hydrogen-bond acceptors (Lipinski definition) is 5. The van der Waals surface area contributed by atoms with Crippen molar-refractivity contribution >= 4 is 34.5 Å². The van der Waals surface area contributed by atoms with E-state index in [1.165, 1.54) is 15.9 Å². The number of para-hydroxylation sites is 1. The van der Waals surface area contributed by atoms with Gasteiger partial charge >= 0.3 is 0 Å². The molecule has 6 heteroatoms. The second kappa shape index (κ2) is 8.02. The van der Waals surface area contributed by atoms with Crippen molar-refractivity contribution in [2.45, 2.75) is 0 Å². The van der Waals surface area contributed by atoms with Crippen LogP contribution in [0.25, 0.3) is 23.2 Å². The lowest BCUT2D eigenvalue weighted by molar-refractivity contribution is 0.362. The first kappa shape index (κ1) is 17.9. The zero-order chi connectivity index (χ0) is 19.3. The molecule has 0 radical (unpaired) electrons. The van der Waals surface area contributed by atoms with Crippen LogP contribution < -0.4 is 14.8 Å². The van der Waals surface area contributed by atoms with E-state index in [4.69, 9.17) is 4.74 Å². The molecule has 4 rings (SSSR count). The second-order valence-corrected chi connectivity index (χ2v) is 6.97. The smallest absolute Gasteiger partial charge is 0.291 e. The summed E-state index contributed by atoms with van der Waals surface area (Å²) in [5, 5.41) is 4.31. The van der Waals surface area contributed by atoms with Crippen LogP contribution in [0.2, 0.25) is 0 Å². The van der Waals surface area contributed by atoms with E-state index in [1.807, 2.05) is 60.7 Å². The number of rotatable bonds is 6. The van der Waals surface area contributed by atoms with Gasteiger partial charge in [-0.1, -0.05) is 78.6 Å². The van der Waals surface area contributed by atoms with Crippen LogP contribution in [0.3, 0.4) is 0 Å². The highest BCUT2D eigenvalue weighted by Crippen LogP contribution is 2.18. The molecule has 138 valence electrons. The highest BCUT2D eigenvalue weighted by molar-refractivity contribution is 7.15. The van der Waals surface area contributed by atoms with Crippen molar-refractivity contribution in [1.82, 2.24) is 14.6 Å².